The summed E-state index contributed by atoms with van der Waals surface area (Å²) in [5, 5.41) is 10.7. The lowest BCUT2D eigenvalue weighted by atomic mass is 10.1. The highest BCUT2D eigenvalue weighted by Crippen LogP contribution is 2.16. The summed E-state index contributed by atoms with van der Waals surface area (Å²) in [6.45, 7) is 1.36. The zero-order chi connectivity index (χ0) is 19.8. The maximum absolute atomic E-state index is 13.8. The molecule has 2 N–H and O–H groups in total. The van der Waals surface area contributed by atoms with Gasteiger partial charge in [-0.05, 0) is 48.2 Å². The summed E-state index contributed by atoms with van der Waals surface area (Å²) in [5.41, 5.74) is 2.81. The van der Waals surface area contributed by atoms with E-state index in [0.717, 1.165) is 33.7 Å². The van der Waals surface area contributed by atoms with Gasteiger partial charge in [-0.25, -0.2) is 14.1 Å². The van der Waals surface area contributed by atoms with E-state index >= 15 is 0 Å². The topological polar surface area (TPSA) is 67.1 Å². The van der Waals surface area contributed by atoms with E-state index in [-0.39, 0.29) is 5.82 Å². The third-order valence-corrected chi connectivity index (χ3v) is 4.73. The van der Waals surface area contributed by atoms with Crippen LogP contribution in [0.15, 0.2) is 64.6 Å². The van der Waals surface area contributed by atoms with E-state index in [2.05, 4.69) is 41.6 Å². The Bertz CT molecular complexity index is 909. The molecule has 1 heterocycles. The van der Waals surface area contributed by atoms with Crippen molar-refractivity contribution in [2.45, 2.75) is 19.4 Å². The number of aromatic nitrogens is 3. The fourth-order valence-corrected chi connectivity index (χ4v) is 3.06. The highest BCUT2D eigenvalue weighted by atomic mass is 79.9. The molecule has 0 unspecified atom stereocenters. The van der Waals surface area contributed by atoms with Crippen LogP contribution in [0.1, 0.15) is 17.5 Å². The number of hydrogen-bond donors (Lipinski definition) is 2. The Hall–Kier alpha value is -2.74. The number of hydrogen-bond acceptors (Lipinski definition) is 3. The van der Waals surface area contributed by atoms with Gasteiger partial charge in [-0.1, -0.05) is 34.1 Å². The summed E-state index contributed by atoms with van der Waals surface area (Å²) in [5.74, 6) is 0.544. The van der Waals surface area contributed by atoms with Crippen molar-refractivity contribution in [1.82, 2.24) is 25.4 Å². The zero-order valence-corrected chi connectivity index (χ0v) is 17.2. The summed E-state index contributed by atoms with van der Waals surface area (Å²) in [6, 6.07) is 13.2. The molecule has 0 aliphatic rings. The Kier molecular flexibility index (Phi) is 7.13. The number of nitrogens with zero attached hydrogens (tertiary/aromatic N) is 4. The summed E-state index contributed by atoms with van der Waals surface area (Å²) >= 11 is 3.27. The molecule has 0 atom stereocenters. The molecule has 146 valence electrons. The fourth-order valence-electron chi connectivity index (χ4n) is 2.72. The van der Waals surface area contributed by atoms with Gasteiger partial charge in [0, 0.05) is 24.6 Å². The maximum Gasteiger partial charge on any atom is 0.191 e. The second kappa shape index (κ2) is 9.98. The summed E-state index contributed by atoms with van der Waals surface area (Å²) < 4.78 is 16.3. The zero-order valence-electron chi connectivity index (χ0n) is 15.6. The van der Waals surface area contributed by atoms with Gasteiger partial charge in [-0.3, -0.25) is 4.99 Å². The normalized spacial score (nSPS) is 11.5. The Balaban J connectivity index is 1.42. The van der Waals surface area contributed by atoms with Crippen molar-refractivity contribution < 1.29 is 4.39 Å². The number of aliphatic imine (C=N–C) groups is 1. The van der Waals surface area contributed by atoms with Crippen molar-refractivity contribution in [3.63, 3.8) is 0 Å². The van der Waals surface area contributed by atoms with Crippen LogP contribution in [0.3, 0.4) is 0 Å². The SMILES string of the molecule is CN=C(NCCCc1ccc(Br)cc1F)NCc1ccc(-n2cncn2)cc1. The Morgan fingerprint density at radius 2 is 2.00 bits per heavy atom. The van der Waals surface area contributed by atoms with E-state index < -0.39 is 0 Å². The molecule has 0 amide bonds. The minimum absolute atomic E-state index is 0.175. The molecule has 0 saturated heterocycles. The van der Waals surface area contributed by atoms with Gasteiger partial charge < -0.3 is 10.6 Å². The smallest absolute Gasteiger partial charge is 0.191 e. The lowest BCUT2D eigenvalue weighted by Crippen LogP contribution is -2.37. The Morgan fingerprint density at radius 1 is 1.18 bits per heavy atom. The van der Waals surface area contributed by atoms with Crippen LogP contribution in [0, 0.1) is 5.82 Å². The molecule has 0 radical (unpaired) electrons. The molecule has 2 aromatic carbocycles. The van der Waals surface area contributed by atoms with Crippen molar-refractivity contribution in [3.05, 3.63) is 76.5 Å². The monoisotopic (exact) mass is 444 g/mol. The second-order valence-electron chi connectivity index (χ2n) is 6.20. The molecule has 8 heteroatoms. The molecule has 6 nitrogen and oxygen atoms in total. The average molecular weight is 445 g/mol. The largest absolute Gasteiger partial charge is 0.356 e. The lowest BCUT2D eigenvalue weighted by molar-refractivity contribution is 0.602. The summed E-state index contributed by atoms with van der Waals surface area (Å²) in [7, 11) is 1.73. The molecule has 1 aromatic heterocycles. The van der Waals surface area contributed by atoms with E-state index in [1.54, 1.807) is 18.1 Å². The van der Waals surface area contributed by atoms with Crippen LogP contribution in [0.5, 0.6) is 0 Å². The maximum atomic E-state index is 13.8. The Morgan fingerprint density at radius 3 is 2.68 bits per heavy atom. The van der Waals surface area contributed by atoms with E-state index in [0.29, 0.717) is 19.5 Å². The number of nitrogens with one attached hydrogen (secondary N) is 2. The number of halogens is 2. The number of benzene rings is 2. The molecule has 0 bridgehead atoms. The van der Waals surface area contributed by atoms with Crippen molar-refractivity contribution in [3.8, 4) is 5.69 Å². The minimum atomic E-state index is -0.175. The van der Waals surface area contributed by atoms with Crippen LogP contribution in [0.4, 0.5) is 4.39 Å². The minimum Gasteiger partial charge on any atom is -0.356 e. The number of aryl methyl sites for hydroxylation is 1. The van der Waals surface area contributed by atoms with Crippen LogP contribution >= 0.6 is 15.9 Å². The molecule has 0 fully saturated rings. The quantitative estimate of drug-likeness (QED) is 0.332. The first-order chi connectivity index (χ1) is 13.7. The van der Waals surface area contributed by atoms with Gasteiger partial charge in [0.05, 0.1) is 5.69 Å². The highest BCUT2D eigenvalue weighted by molar-refractivity contribution is 9.10. The van der Waals surface area contributed by atoms with E-state index in [1.807, 2.05) is 36.4 Å². The van der Waals surface area contributed by atoms with Crippen molar-refractivity contribution in [2.75, 3.05) is 13.6 Å². The second-order valence-corrected chi connectivity index (χ2v) is 7.11. The molecule has 0 aliphatic carbocycles. The van der Waals surface area contributed by atoms with Gasteiger partial charge in [0.25, 0.3) is 0 Å². The molecule has 0 aliphatic heterocycles. The van der Waals surface area contributed by atoms with Gasteiger partial charge >= 0.3 is 0 Å². The van der Waals surface area contributed by atoms with Crippen LogP contribution < -0.4 is 10.6 Å². The first-order valence-corrected chi connectivity index (χ1v) is 9.77. The van der Waals surface area contributed by atoms with Gasteiger partial charge in [0.15, 0.2) is 5.96 Å². The van der Waals surface area contributed by atoms with E-state index in [4.69, 9.17) is 0 Å². The van der Waals surface area contributed by atoms with Crippen LogP contribution in [0.25, 0.3) is 5.69 Å². The Labute approximate surface area is 172 Å². The molecule has 28 heavy (non-hydrogen) atoms. The standard InChI is InChI=1S/C20H22BrFN6/c1-23-20(25-10-2-3-16-6-7-17(21)11-19(16)22)26-12-15-4-8-18(9-5-15)28-14-24-13-27-28/h4-9,11,13-14H,2-3,10,12H2,1H3,(H2,23,25,26). The summed E-state index contributed by atoms with van der Waals surface area (Å²) in [4.78, 5) is 8.17. The predicted octanol–water partition coefficient (Wildman–Crippen LogP) is 3.47. The number of guanidine groups is 1. The lowest BCUT2D eigenvalue weighted by Gasteiger charge is -2.12. The van der Waals surface area contributed by atoms with Crippen LogP contribution in [0.2, 0.25) is 0 Å². The fraction of sp³-hybridized carbons (Fsp3) is 0.250. The first-order valence-electron chi connectivity index (χ1n) is 8.98. The van der Waals surface area contributed by atoms with Gasteiger partial charge in [-0.2, -0.15) is 5.10 Å². The van der Waals surface area contributed by atoms with Crippen LogP contribution in [-0.2, 0) is 13.0 Å². The predicted molar refractivity (Wildman–Crippen MR) is 112 cm³/mol. The summed E-state index contributed by atoms with van der Waals surface area (Å²) in [6.07, 6.45) is 4.66. The van der Waals surface area contributed by atoms with Crippen molar-refractivity contribution in [1.29, 1.82) is 0 Å². The van der Waals surface area contributed by atoms with Crippen molar-refractivity contribution >= 4 is 21.9 Å². The van der Waals surface area contributed by atoms with Gasteiger partial charge in [0.2, 0.25) is 0 Å². The van der Waals surface area contributed by atoms with Crippen LogP contribution in [-0.4, -0.2) is 34.3 Å². The van der Waals surface area contributed by atoms with E-state index in [1.165, 1.54) is 12.4 Å². The average Bonchev–Trinajstić information content (AvgIpc) is 3.24. The van der Waals surface area contributed by atoms with Gasteiger partial charge in [0.1, 0.15) is 18.5 Å². The molecular formula is C20H22BrFN6. The van der Waals surface area contributed by atoms with E-state index in [9.17, 15) is 4.39 Å². The third-order valence-electron chi connectivity index (χ3n) is 4.23. The molecule has 3 aromatic rings. The molecule has 3 rings (SSSR count). The first kappa shape index (κ1) is 20.0. The number of rotatable bonds is 7. The highest BCUT2D eigenvalue weighted by Gasteiger charge is 2.04. The molecule has 0 spiro atoms. The van der Waals surface area contributed by atoms with Crippen molar-refractivity contribution in [2.24, 2.45) is 4.99 Å². The molecule has 0 saturated carbocycles. The molecular weight excluding hydrogens is 423 g/mol. The third kappa shape index (κ3) is 5.63. The van der Waals surface area contributed by atoms with Gasteiger partial charge in [-0.15, -0.1) is 0 Å².